The fraction of sp³-hybridized carbons (Fsp3) is 0.917. The molecule has 0 spiro atoms. The summed E-state index contributed by atoms with van der Waals surface area (Å²) >= 11 is 0. The maximum absolute atomic E-state index is 11.9. The number of nitrogens with one attached hydrogen (secondary N) is 2. The minimum atomic E-state index is 0.192. The van der Waals surface area contributed by atoms with E-state index in [-0.39, 0.29) is 11.8 Å². The molecule has 2 aliphatic rings. The summed E-state index contributed by atoms with van der Waals surface area (Å²) in [4.78, 5) is 11.9. The molecule has 2 N–H and O–H groups in total. The maximum atomic E-state index is 11.9. The van der Waals surface area contributed by atoms with E-state index >= 15 is 0 Å². The zero-order valence-electron chi connectivity index (χ0n) is 9.81. The molecule has 1 amide bonds. The minimum Gasteiger partial charge on any atom is -0.355 e. The number of hydrogen-bond acceptors (Lipinski definition) is 2. The van der Waals surface area contributed by atoms with Gasteiger partial charge in [0.15, 0.2) is 0 Å². The van der Waals surface area contributed by atoms with Gasteiger partial charge in [-0.25, -0.2) is 0 Å². The Kier molecular flexibility index (Phi) is 3.01. The molecule has 2 rings (SSSR count). The summed E-state index contributed by atoms with van der Waals surface area (Å²) in [6.45, 7) is 7.10. The van der Waals surface area contributed by atoms with Gasteiger partial charge in [0, 0.05) is 13.1 Å². The summed E-state index contributed by atoms with van der Waals surface area (Å²) in [5.41, 5.74) is 0.463. The van der Waals surface area contributed by atoms with Gasteiger partial charge < -0.3 is 10.6 Å². The Balaban J connectivity index is 1.77. The Morgan fingerprint density at radius 1 is 1.47 bits per heavy atom. The van der Waals surface area contributed by atoms with Crippen LogP contribution in [0.4, 0.5) is 0 Å². The topological polar surface area (TPSA) is 41.1 Å². The SMILES string of the molecule is CCC1(CNC(=O)C2CNCC2C)CC1. The van der Waals surface area contributed by atoms with Gasteiger partial charge in [-0.3, -0.25) is 4.79 Å². The third kappa shape index (κ3) is 2.33. The molecule has 2 fully saturated rings. The predicted molar refractivity (Wildman–Crippen MR) is 60.5 cm³/mol. The van der Waals surface area contributed by atoms with Crippen LogP contribution in [-0.4, -0.2) is 25.5 Å². The van der Waals surface area contributed by atoms with Gasteiger partial charge in [-0.1, -0.05) is 13.8 Å². The number of carbonyl (C=O) groups excluding carboxylic acids is 1. The average molecular weight is 210 g/mol. The molecule has 0 radical (unpaired) electrons. The maximum Gasteiger partial charge on any atom is 0.224 e. The summed E-state index contributed by atoms with van der Waals surface area (Å²) in [6.07, 6.45) is 3.79. The summed E-state index contributed by atoms with van der Waals surface area (Å²) in [5.74, 6) is 0.937. The standard InChI is InChI=1S/C12H22N2O/c1-3-12(4-5-12)8-14-11(15)10-7-13-6-9(10)2/h9-10,13H,3-8H2,1-2H3,(H,14,15). The molecule has 0 bridgehead atoms. The largest absolute Gasteiger partial charge is 0.355 e. The number of carbonyl (C=O) groups is 1. The highest BCUT2D eigenvalue weighted by molar-refractivity contribution is 5.79. The Morgan fingerprint density at radius 3 is 2.67 bits per heavy atom. The average Bonchev–Trinajstić information content (AvgIpc) is 2.91. The van der Waals surface area contributed by atoms with E-state index < -0.39 is 0 Å². The molecule has 1 saturated carbocycles. The first-order valence-electron chi connectivity index (χ1n) is 6.15. The van der Waals surface area contributed by atoms with Crippen LogP contribution in [0, 0.1) is 17.3 Å². The molecule has 3 heteroatoms. The van der Waals surface area contributed by atoms with Gasteiger partial charge in [0.1, 0.15) is 0 Å². The fourth-order valence-corrected chi connectivity index (χ4v) is 2.40. The molecular weight excluding hydrogens is 188 g/mol. The third-order valence-corrected chi connectivity index (χ3v) is 4.20. The second-order valence-electron chi connectivity index (χ2n) is 5.31. The molecule has 0 aromatic rings. The summed E-state index contributed by atoms with van der Waals surface area (Å²) in [7, 11) is 0. The van der Waals surface area contributed by atoms with Crippen LogP contribution < -0.4 is 10.6 Å². The van der Waals surface area contributed by atoms with Crippen LogP contribution in [0.2, 0.25) is 0 Å². The first kappa shape index (κ1) is 10.9. The van der Waals surface area contributed by atoms with Crippen LogP contribution >= 0.6 is 0 Å². The molecule has 1 aliphatic carbocycles. The van der Waals surface area contributed by atoms with E-state index in [0.29, 0.717) is 11.3 Å². The lowest BCUT2D eigenvalue weighted by Gasteiger charge is -2.18. The number of hydrogen-bond donors (Lipinski definition) is 2. The summed E-state index contributed by atoms with van der Waals surface area (Å²) in [6, 6.07) is 0. The Labute approximate surface area is 92.0 Å². The van der Waals surface area contributed by atoms with Gasteiger partial charge in [0.2, 0.25) is 5.91 Å². The van der Waals surface area contributed by atoms with Crippen molar-refractivity contribution in [3.63, 3.8) is 0 Å². The van der Waals surface area contributed by atoms with Crippen molar-refractivity contribution >= 4 is 5.91 Å². The van der Waals surface area contributed by atoms with Gasteiger partial charge in [-0.05, 0) is 37.1 Å². The zero-order valence-corrected chi connectivity index (χ0v) is 9.81. The molecule has 2 atom stereocenters. The van der Waals surface area contributed by atoms with Crippen molar-refractivity contribution in [2.45, 2.75) is 33.1 Å². The van der Waals surface area contributed by atoms with Crippen LogP contribution in [0.3, 0.4) is 0 Å². The highest BCUT2D eigenvalue weighted by atomic mass is 16.1. The normalized spacial score (nSPS) is 32.7. The van der Waals surface area contributed by atoms with Crippen LogP contribution in [0.1, 0.15) is 33.1 Å². The highest BCUT2D eigenvalue weighted by Crippen LogP contribution is 2.47. The quantitative estimate of drug-likeness (QED) is 0.731. The molecule has 0 aromatic carbocycles. The van der Waals surface area contributed by atoms with Crippen molar-refractivity contribution in [2.24, 2.45) is 17.3 Å². The van der Waals surface area contributed by atoms with Gasteiger partial charge in [0.25, 0.3) is 0 Å². The Morgan fingerprint density at radius 2 is 2.20 bits per heavy atom. The van der Waals surface area contributed by atoms with Crippen molar-refractivity contribution in [2.75, 3.05) is 19.6 Å². The van der Waals surface area contributed by atoms with Gasteiger partial charge >= 0.3 is 0 Å². The third-order valence-electron chi connectivity index (χ3n) is 4.20. The summed E-state index contributed by atoms with van der Waals surface area (Å²) < 4.78 is 0. The van der Waals surface area contributed by atoms with E-state index in [2.05, 4.69) is 24.5 Å². The van der Waals surface area contributed by atoms with Crippen molar-refractivity contribution in [3.8, 4) is 0 Å². The van der Waals surface area contributed by atoms with Crippen LogP contribution in [-0.2, 0) is 4.79 Å². The van der Waals surface area contributed by atoms with E-state index in [0.717, 1.165) is 19.6 Å². The molecule has 86 valence electrons. The van der Waals surface area contributed by atoms with Gasteiger partial charge in [-0.2, -0.15) is 0 Å². The molecule has 0 aromatic heterocycles. The predicted octanol–water partition coefficient (Wildman–Crippen LogP) is 1.15. The first-order chi connectivity index (χ1) is 7.17. The van der Waals surface area contributed by atoms with E-state index in [1.807, 2.05) is 0 Å². The van der Waals surface area contributed by atoms with Gasteiger partial charge in [0.05, 0.1) is 5.92 Å². The van der Waals surface area contributed by atoms with E-state index in [1.165, 1.54) is 19.3 Å². The van der Waals surface area contributed by atoms with Crippen LogP contribution in [0.5, 0.6) is 0 Å². The monoisotopic (exact) mass is 210 g/mol. The fourth-order valence-electron chi connectivity index (χ4n) is 2.40. The van der Waals surface area contributed by atoms with Crippen LogP contribution in [0.15, 0.2) is 0 Å². The van der Waals surface area contributed by atoms with E-state index in [4.69, 9.17) is 0 Å². The van der Waals surface area contributed by atoms with Crippen molar-refractivity contribution < 1.29 is 4.79 Å². The molecule has 1 saturated heterocycles. The Bertz CT molecular complexity index is 248. The highest BCUT2D eigenvalue weighted by Gasteiger charge is 2.41. The lowest BCUT2D eigenvalue weighted by atomic mass is 9.96. The molecule has 1 heterocycles. The van der Waals surface area contributed by atoms with Crippen molar-refractivity contribution in [1.29, 1.82) is 0 Å². The molecule has 3 nitrogen and oxygen atoms in total. The molecule has 1 aliphatic heterocycles. The second kappa shape index (κ2) is 4.12. The smallest absolute Gasteiger partial charge is 0.224 e. The minimum absolute atomic E-state index is 0.192. The molecule has 2 unspecified atom stereocenters. The molecular formula is C12H22N2O. The number of amides is 1. The van der Waals surface area contributed by atoms with Gasteiger partial charge in [-0.15, -0.1) is 0 Å². The van der Waals surface area contributed by atoms with Crippen molar-refractivity contribution in [1.82, 2.24) is 10.6 Å². The summed E-state index contributed by atoms with van der Waals surface area (Å²) in [5, 5.41) is 6.40. The number of rotatable bonds is 4. The Hall–Kier alpha value is -0.570. The first-order valence-corrected chi connectivity index (χ1v) is 6.15. The van der Waals surface area contributed by atoms with Crippen molar-refractivity contribution in [3.05, 3.63) is 0 Å². The second-order valence-corrected chi connectivity index (χ2v) is 5.31. The van der Waals surface area contributed by atoms with E-state index in [1.54, 1.807) is 0 Å². The van der Waals surface area contributed by atoms with E-state index in [9.17, 15) is 4.79 Å². The lowest BCUT2D eigenvalue weighted by molar-refractivity contribution is -0.125. The molecule has 15 heavy (non-hydrogen) atoms. The van der Waals surface area contributed by atoms with Crippen LogP contribution in [0.25, 0.3) is 0 Å². The lowest BCUT2D eigenvalue weighted by Crippen LogP contribution is -2.37. The zero-order chi connectivity index (χ0) is 10.9.